The van der Waals surface area contributed by atoms with Crippen LogP contribution in [0.2, 0.25) is 5.28 Å². The SMILES string of the molecule is Cc1csc(CCNc2nc(Cl)ncc2[N+](=O)[O-])n1. The van der Waals surface area contributed by atoms with Crippen LogP contribution in [0, 0.1) is 17.0 Å². The molecule has 9 heteroatoms. The number of nitro groups is 1. The molecule has 0 unspecified atom stereocenters. The number of halogens is 1. The average Bonchev–Trinajstić information content (AvgIpc) is 2.75. The average molecular weight is 300 g/mol. The van der Waals surface area contributed by atoms with Crippen LogP contribution in [-0.2, 0) is 6.42 Å². The van der Waals surface area contributed by atoms with Gasteiger partial charge in [-0.05, 0) is 18.5 Å². The van der Waals surface area contributed by atoms with Crippen molar-refractivity contribution in [3.05, 3.63) is 37.7 Å². The Balaban J connectivity index is 2.02. The van der Waals surface area contributed by atoms with Crippen LogP contribution in [0.15, 0.2) is 11.6 Å². The van der Waals surface area contributed by atoms with E-state index in [1.807, 2.05) is 12.3 Å². The summed E-state index contributed by atoms with van der Waals surface area (Å²) < 4.78 is 0. The van der Waals surface area contributed by atoms with Gasteiger partial charge in [0.15, 0.2) is 0 Å². The van der Waals surface area contributed by atoms with Crippen molar-refractivity contribution in [1.29, 1.82) is 0 Å². The Hall–Kier alpha value is -1.80. The van der Waals surface area contributed by atoms with Gasteiger partial charge in [0.1, 0.15) is 6.20 Å². The van der Waals surface area contributed by atoms with Crippen LogP contribution < -0.4 is 5.32 Å². The van der Waals surface area contributed by atoms with Gasteiger partial charge in [-0.2, -0.15) is 4.98 Å². The molecule has 0 fully saturated rings. The predicted molar refractivity (Wildman–Crippen MR) is 72.7 cm³/mol. The van der Waals surface area contributed by atoms with Crippen molar-refractivity contribution < 1.29 is 4.92 Å². The van der Waals surface area contributed by atoms with Crippen LogP contribution in [-0.4, -0.2) is 26.4 Å². The van der Waals surface area contributed by atoms with Gasteiger partial charge < -0.3 is 5.32 Å². The number of aromatic nitrogens is 3. The maximum atomic E-state index is 10.8. The zero-order valence-electron chi connectivity index (χ0n) is 9.96. The van der Waals surface area contributed by atoms with Crippen LogP contribution in [0.1, 0.15) is 10.7 Å². The minimum atomic E-state index is -0.549. The van der Waals surface area contributed by atoms with Crippen molar-refractivity contribution in [2.75, 3.05) is 11.9 Å². The molecule has 0 saturated carbocycles. The molecule has 2 rings (SSSR count). The summed E-state index contributed by atoms with van der Waals surface area (Å²) >= 11 is 7.18. The Bertz CT molecular complexity index is 603. The maximum Gasteiger partial charge on any atom is 0.329 e. The Morgan fingerprint density at radius 2 is 2.32 bits per heavy atom. The molecule has 0 aliphatic heterocycles. The number of nitrogens with one attached hydrogen (secondary N) is 1. The number of aryl methyl sites for hydroxylation is 1. The normalized spacial score (nSPS) is 10.4. The fourth-order valence-corrected chi connectivity index (χ4v) is 2.33. The lowest BCUT2D eigenvalue weighted by Gasteiger charge is -2.04. The number of rotatable bonds is 5. The standard InChI is InChI=1S/C10H10ClN5O2S/c1-6-5-19-8(14-6)2-3-12-9-7(16(17)18)4-13-10(11)15-9/h4-5H,2-3H2,1H3,(H,12,13,15). The Morgan fingerprint density at radius 1 is 1.53 bits per heavy atom. The van der Waals surface area contributed by atoms with E-state index in [1.165, 1.54) is 0 Å². The topological polar surface area (TPSA) is 93.8 Å². The first-order valence-electron chi connectivity index (χ1n) is 5.38. The van der Waals surface area contributed by atoms with Crippen molar-refractivity contribution in [2.24, 2.45) is 0 Å². The molecular weight excluding hydrogens is 290 g/mol. The number of hydrogen-bond acceptors (Lipinski definition) is 7. The number of thiazole rings is 1. The van der Waals surface area contributed by atoms with Gasteiger partial charge in [0.2, 0.25) is 11.1 Å². The summed E-state index contributed by atoms with van der Waals surface area (Å²) in [6.45, 7) is 2.41. The van der Waals surface area contributed by atoms with Gasteiger partial charge in [0.25, 0.3) is 0 Å². The maximum absolute atomic E-state index is 10.8. The van der Waals surface area contributed by atoms with E-state index < -0.39 is 4.92 Å². The van der Waals surface area contributed by atoms with Gasteiger partial charge >= 0.3 is 5.69 Å². The largest absolute Gasteiger partial charge is 0.364 e. The Kier molecular flexibility index (Phi) is 4.23. The van der Waals surface area contributed by atoms with E-state index in [4.69, 9.17) is 11.6 Å². The smallest absolute Gasteiger partial charge is 0.329 e. The summed E-state index contributed by atoms with van der Waals surface area (Å²) in [4.78, 5) is 22.0. The molecule has 2 heterocycles. The molecule has 0 aliphatic carbocycles. The zero-order chi connectivity index (χ0) is 13.8. The fraction of sp³-hybridized carbons (Fsp3) is 0.300. The van der Waals surface area contributed by atoms with E-state index in [1.54, 1.807) is 11.3 Å². The second kappa shape index (κ2) is 5.89. The first kappa shape index (κ1) is 13.6. The molecule has 0 bridgehead atoms. The van der Waals surface area contributed by atoms with E-state index >= 15 is 0 Å². The molecule has 0 radical (unpaired) electrons. The molecule has 19 heavy (non-hydrogen) atoms. The minimum absolute atomic E-state index is 0.0295. The summed E-state index contributed by atoms with van der Waals surface area (Å²) in [5.74, 6) is 0.123. The molecule has 100 valence electrons. The minimum Gasteiger partial charge on any atom is -0.364 e. The van der Waals surface area contributed by atoms with E-state index in [-0.39, 0.29) is 16.8 Å². The van der Waals surface area contributed by atoms with Gasteiger partial charge in [0.05, 0.1) is 9.93 Å². The predicted octanol–water partition coefficient (Wildman–Crippen LogP) is 2.46. The summed E-state index contributed by atoms with van der Waals surface area (Å²) in [5, 5.41) is 16.6. The Morgan fingerprint density at radius 3 is 2.95 bits per heavy atom. The summed E-state index contributed by atoms with van der Waals surface area (Å²) in [6, 6.07) is 0. The van der Waals surface area contributed by atoms with Crippen LogP contribution in [0.5, 0.6) is 0 Å². The van der Waals surface area contributed by atoms with Crippen molar-refractivity contribution in [3.8, 4) is 0 Å². The molecule has 0 aromatic carbocycles. The van der Waals surface area contributed by atoms with Crippen molar-refractivity contribution in [2.45, 2.75) is 13.3 Å². The summed E-state index contributed by atoms with van der Waals surface area (Å²) in [5.41, 5.74) is 0.774. The van der Waals surface area contributed by atoms with Crippen molar-refractivity contribution in [3.63, 3.8) is 0 Å². The second-order valence-corrected chi connectivity index (χ2v) is 4.97. The first-order valence-corrected chi connectivity index (χ1v) is 6.64. The van der Waals surface area contributed by atoms with Gasteiger partial charge in [-0.25, -0.2) is 9.97 Å². The quantitative estimate of drug-likeness (QED) is 0.518. The van der Waals surface area contributed by atoms with E-state index in [2.05, 4.69) is 20.3 Å². The second-order valence-electron chi connectivity index (χ2n) is 3.69. The molecule has 0 spiro atoms. The lowest BCUT2D eigenvalue weighted by Crippen LogP contribution is -2.09. The zero-order valence-corrected chi connectivity index (χ0v) is 11.5. The van der Waals surface area contributed by atoms with E-state index in [0.29, 0.717) is 13.0 Å². The molecule has 2 aromatic rings. The van der Waals surface area contributed by atoms with Crippen molar-refractivity contribution in [1.82, 2.24) is 15.0 Å². The highest BCUT2D eigenvalue weighted by molar-refractivity contribution is 7.09. The number of anilines is 1. The Labute approximate surface area is 117 Å². The summed E-state index contributed by atoms with van der Waals surface area (Å²) in [7, 11) is 0. The molecular formula is C10H10ClN5O2S. The van der Waals surface area contributed by atoms with Gasteiger partial charge in [-0.3, -0.25) is 10.1 Å². The molecule has 0 atom stereocenters. The first-order chi connectivity index (χ1) is 9.06. The van der Waals surface area contributed by atoms with Crippen LogP contribution in [0.3, 0.4) is 0 Å². The highest BCUT2D eigenvalue weighted by atomic mass is 35.5. The molecule has 0 amide bonds. The number of hydrogen-bond donors (Lipinski definition) is 1. The van der Waals surface area contributed by atoms with E-state index in [9.17, 15) is 10.1 Å². The molecule has 1 N–H and O–H groups in total. The van der Waals surface area contributed by atoms with Crippen LogP contribution in [0.4, 0.5) is 11.5 Å². The van der Waals surface area contributed by atoms with E-state index in [0.717, 1.165) is 16.9 Å². The van der Waals surface area contributed by atoms with Gasteiger partial charge in [0, 0.05) is 24.0 Å². The molecule has 0 saturated heterocycles. The molecule has 2 aromatic heterocycles. The van der Waals surface area contributed by atoms with Gasteiger partial charge in [-0.15, -0.1) is 11.3 Å². The molecule has 7 nitrogen and oxygen atoms in total. The van der Waals surface area contributed by atoms with Crippen molar-refractivity contribution >= 4 is 34.4 Å². The third kappa shape index (κ3) is 3.58. The fourth-order valence-electron chi connectivity index (χ4n) is 1.42. The van der Waals surface area contributed by atoms with Crippen LogP contribution >= 0.6 is 22.9 Å². The third-order valence-corrected chi connectivity index (χ3v) is 3.44. The monoisotopic (exact) mass is 299 g/mol. The lowest BCUT2D eigenvalue weighted by atomic mass is 10.4. The lowest BCUT2D eigenvalue weighted by molar-refractivity contribution is -0.384. The molecule has 0 aliphatic rings. The third-order valence-electron chi connectivity index (χ3n) is 2.23. The summed E-state index contributed by atoms with van der Waals surface area (Å²) in [6.07, 6.45) is 1.75. The number of nitrogens with zero attached hydrogens (tertiary/aromatic N) is 4. The van der Waals surface area contributed by atoms with Crippen LogP contribution in [0.25, 0.3) is 0 Å². The highest BCUT2D eigenvalue weighted by Crippen LogP contribution is 2.21. The highest BCUT2D eigenvalue weighted by Gasteiger charge is 2.16. The van der Waals surface area contributed by atoms with Gasteiger partial charge in [-0.1, -0.05) is 0 Å².